The van der Waals surface area contributed by atoms with Gasteiger partial charge in [0.15, 0.2) is 0 Å². The van der Waals surface area contributed by atoms with Crippen molar-refractivity contribution in [3.05, 3.63) is 46.0 Å². The Kier molecular flexibility index (Phi) is 3.70. The number of hydrogen-bond donors (Lipinski definition) is 3. The third kappa shape index (κ3) is 2.62. The zero-order valence-corrected chi connectivity index (χ0v) is 12.1. The second-order valence-corrected chi connectivity index (χ2v) is 5.88. The van der Waals surface area contributed by atoms with Gasteiger partial charge in [-0.05, 0) is 31.0 Å². The molecule has 6 heteroatoms. The lowest BCUT2D eigenvalue weighted by Crippen LogP contribution is -2.51. The number of halogens is 1. The molecule has 1 aliphatic carbocycles. The Morgan fingerprint density at radius 2 is 2.05 bits per heavy atom. The summed E-state index contributed by atoms with van der Waals surface area (Å²) < 4.78 is 13.3. The molecule has 116 valence electrons. The molecular weight excluding hydrogens is 285 g/mol. The summed E-state index contributed by atoms with van der Waals surface area (Å²) in [5.74, 6) is -0.801. The number of H-pyrrole nitrogens is 1. The SMILES string of the molecule is NCC1(NC(=O)c2cc(=O)[nH]c3cc(F)ccc23)CCCC1. The van der Waals surface area contributed by atoms with E-state index < -0.39 is 16.9 Å². The average molecular weight is 303 g/mol. The molecule has 1 amide bonds. The predicted molar refractivity (Wildman–Crippen MR) is 82.2 cm³/mol. The van der Waals surface area contributed by atoms with Gasteiger partial charge in [-0.25, -0.2) is 4.39 Å². The number of amides is 1. The quantitative estimate of drug-likeness (QED) is 0.806. The Bertz CT molecular complexity index is 779. The van der Waals surface area contributed by atoms with Crippen LogP contribution in [0.5, 0.6) is 0 Å². The van der Waals surface area contributed by atoms with Crippen LogP contribution in [-0.2, 0) is 0 Å². The number of aromatic amines is 1. The standard InChI is InChI=1S/C16H18FN3O2/c17-10-3-4-11-12(8-14(21)19-13(11)7-10)15(22)20-16(9-18)5-1-2-6-16/h3-4,7-8H,1-2,5-6,9,18H2,(H,19,21)(H,20,22). The number of pyridine rings is 1. The van der Waals surface area contributed by atoms with Gasteiger partial charge in [0.05, 0.1) is 16.6 Å². The molecule has 0 aliphatic heterocycles. The number of hydrogen-bond acceptors (Lipinski definition) is 3. The van der Waals surface area contributed by atoms with Gasteiger partial charge in [0.1, 0.15) is 5.82 Å². The summed E-state index contributed by atoms with van der Waals surface area (Å²) >= 11 is 0. The summed E-state index contributed by atoms with van der Waals surface area (Å²) in [4.78, 5) is 26.9. The molecule has 0 spiro atoms. The number of rotatable bonds is 3. The number of benzene rings is 1. The van der Waals surface area contributed by atoms with Crippen molar-refractivity contribution in [3.8, 4) is 0 Å². The maximum absolute atomic E-state index is 13.3. The summed E-state index contributed by atoms with van der Waals surface area (Å²) in [6, 6.07) is 5.22. The van der Waals surface area contributed by atoms with Crippen LogP contribution < -0.4 is 16.6 Å². The molecule has 1 aliphatic rings. The highest BCUT2D eigenvalue weighted by Gasteiger charge is 2.34. The molecule has 1 aromatic heterocycles. The molecule has 4 N–H and O–H groups in total. The normalized spacial score (nSPS) is 16.8. The highest BCUT2D eigenvalue weighted by atomic mass is 19.1. The van der Waals surface area contributed by atoms with Crippen LogP contribution in [0.1, 0.15) is 36.0 Å². The van der Waals surface area contributed by atoms with Gasteiger partial charge in [-0.2, -0.15) is 0 Å². The van der Waals surface area contributed by atoms with Gasteiger partial charge < -0.3 is 16.0 Å². The minimum atomic E-state index is -0.463. The zero-order valence-electron chi connectivity index (χ0n) is 12.1. The molecule has 0 unspecified atom stereocenters. The molecule has 3 rings (SSSR count). The first-order chi connectivity index (χ1) is 10.5. The molecule has 1 heterocycles. The lowest BCUT2D eigenvalue weighted by Gasteiger charge is -2.28. The van der Waals surface area contributed by atoms with Gasteiger partial charge in [0.2, 0.25) is 5.56 Å². The predicted octanol–water partition coefficient (Wildman–Crippen LogP) is 1.67. The first kappa shape index (κ1) is 14.7. The highest BCUT2D eigenvalue weighted by Crippen LogP contribution is 2.29. The Balaban J connectivity index is 2.02. The third-order valence-corrected chi connectivity index (χ3v) is 4.38. The molecule has 22 heavy (non-hydrogen) atoms. The molecule has 0 radical (unpaired) electrons. The van der Waals surface area contributed by atoms with Crippen molar-refractivity contribution in [2.24, 2.45) is 5.73 Å². The molecule has 1 aromatic carbocycles. The molecule has 0 saturated heterocycles. The van der Waals surface area contributed by atoms with E-state index in [1.54, 1.807) is 0 Å². The Labute approximate surface area is 126 Å². The van der Waals surface area contributed by atoms with E-state index in [0.29, 0.717) is 17.4 Å². The topological polar surface area (TPSA) is 88.0 Å². The minimum absolute atomic E-state index is 0.249. The van der Waals surface area contributed by atoms with Gasteiger partial charge in [-0.3, -0.25) is 9.59 Å². The Hall–Kier alpha value is -2.21. The fourth-order valence-corrected chi connectivity index (χ4v) is 3.16. The second kappa shape index (κ2) is 5.53. The van der Waals surface area contributed by atoms with Crippen LogP contribution >= 0.6 is 0 Å². The minimum Gasteiger partial charge on any atom is -0.345 e. The second-order valence-electron chi connectivity index (χ2n) is 5.88. The van der Waals surface area contributed by atoms with Crippen LogP contribution in [0.3, 0.4) is 0 Å². The van der Waals surface area contributed by atoms with Crippen LogP contribution in [0.15, 0.2) is 29.1 Å². The van der Waals surface area contributed by atoms with Crippen LogP contribution in [-0.4, -0.2) is 23.0 Å². The zero-order chi connectivity index (χ0) is 15.7. The van der Waals surface area contributed by atoms with Crippen LogP contribution in [0.25, 0.3) is 10.9 Å². The molecule has 0 atom stereocenters. The van der Waals surface area contributed by atoms with E-state index in [1.165, 1.54) is 24.3 Å². The monoisotopic (exact) mass is 303 g/mol. The fourth-order valence-electron chi connectivity index (χ4n) is 3.16. The lowest BCUT2D eigenvalue weighted by molar-refractivity contribution is 0.0904. The van der Waals surface area contributed by atoms with E-state index >= 15 is 0 Å². The number of carbonyl (C=O) groups excluding carboxylic acids is 1. The van der Waals surface area contributed by atoms with Gasteiger partial charge in [0.25, 0.3) is 5.91 Å². The Morgan fingerprint density at radius 3 is 2.73 bits per heavy atom. The van der Waals surface area contributed by atoms with Crippen molar-refractivity contribution in [2.75, 3.05) is 6.54 Å². The van der Waals surface area contributed by atoms with E-state index in [2.05, 4.69) is 10.3 Å². The van der Waals surface area contributed by atoms with Gasteiger partial charge >= 0.3 is 0 Å². The summed E-state index contributed by atoms with van der Waals surface area (Å²) in [6.45, 7) is 0.370. The number of nitrogens with one attached hydrogen (secondary N) is 2. The van der Waals surface area contributed by atoms with Gasteiger partial charge in [-0.1, -0.05) is 12.8 Å². The number of fused-ring (bicyclic) bond motifs is 1. The van der Waals surface area contributed by atoms with Crippen molar-refractivity contribution >= 4 is 16.8 Å². The van der Waals surface area contributed by atoms with Crippen molar-refractivity contribution in [2.45, 2.75) is 31.2 Å². The number of aromatic nitrogens is 1. The van der Waals surface area contributed by atoms with E-state index in [4.69, 9.17) is 5.73 Å². The maximum Gasteiger partial charge on any atom is 0.252 e. The summed E-state index contributed by atoms with van der Waals surface area (Å²) in [5.41, 5.74) is 5.55. The summed E-state index contributed by atoms with van der Waals surface area (Å²) in [5, 5.41) is 3.50. The molecule has 1 saturated carbocycles. The van der Waals surface area contributed by atoms with Crippen molar-refractivity contribution in [1.82, 2.24) is 10.3 Å². The van der Waals surface area contributed by atoms with E-state index in [1.807, 2.05) is 0 Å². The summed E-state index contributed by atoms with van der Waals surface area (Å²) in [7, 11) is 0. The summed E-state index contributed by atoms with van der Waals surface area (Å²) in [6.07, 6.45) is 3.73. The van der Waals surface area contributed by atoms with Crippen molar-refractivity contribution in [1.29, 1.82) is 0 Å². The van der Waals surface area contributed by atoms with E-state index in [-0.39, 0.29) is 11.5 Å². The first-order valence-electron chi connectivity index (χ1n) is 7.38. The first-order valence-corrected chi connectivity index (χ1v) is 7.38. The largest absolute Gasteiger partial charge is 0.345 e. The maximum atomic E-state index is 13.3. The van der Waals surface area contributed by atoms with E-state index in [9.17, 15) is 14.0 Å². The molecule has 5 nitrogen and oxygen atoms in total. The van der Waals surface area contributed by atoms with Crippen molar-refractivity contribution < 1.29 is 9.18 Å². The highest BCUT2D eigenvalue weighted by molar-refractivity contribution is 6.06. The van der Waals surface area contributed by atoms with Crippen molar-refractivity contribution in [3.63, 3.8) is 0 Å². The van der Waals surface area contributed by atoms with Gasteiger partial charge in [0, 0.05) is 18.0 Å². The smallest absolute Gasteiger partial charge is 0.252 e. The number of nitrogens with two attached hydrogens (primary N) is 1. The molecule has 0 bridgehead atoms. The lowest BCUT2D eigenvalue weighted by atomic mass is 9.96. The van der Waals surface area contributed by atoms with Crippen LogP contribution in [0.2, 0.25) is 0 Å². The van der Waals surface area contributed by atoms with Crippen LogP contribution in [0.4, 0.5) is 4.39 Å². The number of carbonyl (C=O) groups is 1. The van der Waals surface area contributed by atoms with Crippen LogP contribution in [0, 0.1) is 5.82 Å². The van der Waals surface area contributed by atoms with Gasteiger partial charge in [-0.15, -0.1) is 0 Å². The average Bonchev–Trinajstić information content (AvgIpc) is 2.95. The fraction of sp³-hybridized carbons (Fsp3) is 0.375. The molecular formula is C16H18FN3O2. The third-order valence-electron chi connectivity index (χ3n) is 4.38. The molecule has 1 fully saturated rings. The Morgan fingerprint density at radius 1 is 1.32 bits per heavy atom. The van der Waals surface area contributed by atoms with E-state index in [0.717, 1.165) is 25.7 Å². The molecule has 2 aromatic rings.